The van der Waals surface area contributed by atoms with Crippen LogP contribution in [0.2, 0.25) is 0 Å². The molecule has 0 amide bonds. The third-order valence-electron chi connectivity index (χ3n) is 3.96. The zero-order valence-corrected chi connectivity index (χ0v) is 16.3. The molecule has 0 heterocycles. The monoisotopic (exact) mass is 372 g/mol. The summed E-state index contributed by atoms with van der Waals surface area (Å²) in [4.78, 5) is 11.9. The summed E-state index contributed by atoms with van der Waals surface area (Å²) in [6, 6.07) is 13.2. The van der Waals surface area contributed by atoms with Crippen molar-refractivity contribution in [3.63, 3.8) is 0 Å². The number of esters is 1. The normalized spacial score (nSPS) is 11.4. The Hall–Kier alpha value is -2.60. The molecule has 2 aromatic carbocycles. The molecule has 0 fully saturated rings. The van der Waals surface area contributed by atoms with Gasteiger partial charge in [-0.05, 0) is 68.4 Å². The van der Waals surface area contributed by atoms with Gasteiger partial charge in [0.15, 0.2) is 5.11 Å². The van der Waals surface area contributed by atoms with Crippen LogP contribution in [-0.2, 0) is 4.74 Å². The fraction of sp³-hybridized carbons (Fsp3) is 0.300. The summed E-state index contributed by atoms with van der Waals surface area (Å²) in [5, 5.41) is 6.89. The van der Waals surface area contributed by atoms with Gasteiger partial charge in [-0.2, -0.15) is 0 Å². The van der Waals surface area contributed by atoms with Crippen LogP contribution in [0.3, 0.4) is 0 Å². The molecule has 0 bridgehead atoms. The molecule has 5 nitrogen and oxygen atoms in total. The molecule has 26 heavy (non-hydrogen) atoms. The highest BCUT2D eigenvalue weighted by Crippen LogP contribution is 2.20. The van der Waals surface area contributed by atoms with Crippen LogP contribution >= 0.6 is 12.2 Å². The maximum absolute atomic E-state index is 11.9. The summed E-state index contributed by atoms with van der Waals surface area (Å²) in [6.45, 7) is 6.10. The molecule has 2 N–H and O–H groups in total. The lowest BCUT2D eigenvalue weighted by Gasteiger charge is -2.19. The number of hydrogen-bond donors (Lipinski definition) is 2. The van der Waals surface area contributed by atoms with Gasteiger partial charge in [0.2, 0.25) is 0 Å². The average Bonchev–Trinajstić information content (AvgIpc) is 2.63. The molecule has 0 spiro atoms. The average molecular weight is 372 g/mol. The van der Waals surface area contributed by atoms with Gasteiger partial charge in [-0.25, -0.2) is 4.79 Å². The maximum atomic E-state index is 11.9. The molecule has 2 rings (SSSR count). The number of carbonyl (C=O) groups excluding carboxylic acids is 1. The Kier molecular flexibility index (Phi) is 6.97. The van der Waals surface area contributed by atoms with Crippen molar-refractivity contribution in [2.75, 3.05) is 19.0 Å². The second kappa shape index (κ2) is 9.20. The van der Waals surface area contributed by atoms with Crippen LogP contribution < -0.4 is 15.4 Å². The standard InChI is InChI=1S/C20H24N2O3S/c1-5-25-19(23)16-7-6-13(2)18(12-16)22-20(26)21-14(3)15-8-10-17(24-4)11-9-15/h6-12,14H,5H2,1-4H3,(H2,21,22,26)/t14-/m1/s1. The summed E-state index contributed by atoms with van der Waals surface area (Å²) < 4.78 is 10.2. The van der Waals surface area contributed by atoms with Gasteiger partial charge in [0.1, 0.15) is 5.75 Å². The number of benzene rings is 2. The molecule has 0 saturated carbocycles. The summed E-state index contributed by atoms with van der Waals surface area (Å²) in [7, 11) is 1.64. The van der Waals surface area contributed by atoms with E-state index in [9.17, 15) is 4.79 Å². The van der Waals surface area contributed by atoms with Crippen molar-refractivity contribution in [1.82, 2.24) is 5.32 Å². The number of aryl methyl sites for hydroxylation is 1. The van der Waals surface area contributed by atoms with Crippen LogP contribution in [0.4, 0.5) is 5.69 Å². The lowest BCUT2D eigenvalue weighted by molar-refractivity contribution is 0.0526. The van der Waals surface area contributed by atoms with Crippen LogP contribution in [0.1, 0.15) is 41.4 Å². The minimum Gasteiger partial charge on any atom is -0.497 e. The second-order valence-corrected chi connectivity index (χ2v) is 6.25. The van der Waals surface area contributed by atoms with E-state index in [1.165, 1.54) is 0 Å². The van der Waals surface area contributed by atoms with Gasteiger partial charge >= 0.3 is 5.97 Å². The topological polar surface area (TPSA) is 59.6 Å². The molecule has 0 aliphatic rings. The minimum atomic E-state index is -0.346. The fourth-order valence-electron chi connectivity index (χ4n) is 2.43. The first-order chi connectivity index (χ1) is 12.4. The van der Waals surface area contributed by atoms with E-state index in [0.29, 0.717) is 17.3 Å². The van der Waals surface area contributed by atoms with E-state index in [0.717, 1.165) is 22.6 Å². The number of carbonyl (C=O) groups is 1. The SMILES string of the molecule is CCOC(=O)c1ccc(C)c(NC(=S)N[C@H](C)c2ccc(OC)cc2)c1. The first-order valence-corrected chi connectivity index (χ1v) is 8.84. The van der Waals surface area contributed by atoms with Gasteiger partial charge in [0.05, 0.1) is 25.3 Å². The van der Waals surface area contributed by atoms with E-state index in [2.05, 4.69) is 10.6 Å². The number of methoxy groups -OCH3 is 1. The van der Waals surface area contributed by atoms with Crippen molar-refractivity contribution in [2.45, 2.75) is 26.8 Å². The number of thiocarbonyl (C=S) groups is 1. The molecule has 1 atom stereocenters. The first-order valence-electron chi connectivity index (χ1n) is 8.43. The zero-order valence-electron chi connectivity index (χ0n) is 15.5. The van der Waals surface area contributed by atoms with Crippen molar-refractivity contribution in [3.05, 3.63) is 59.2 Å². The van der Waals surface area contributed by atoms with Crippen molar-refractivity contribution < 1.29 is 14.3 Å². The largest absolute Gasteiger partial charge is 0.497 e. The minimum absolute atomic E-state index is 0.0226. The summed E-state index contributed by atoms with van der Waals surface area (Å²) in [5.41, 5.74) is 3.34. The van der Waals surface area contributed by atoms with Crippen molar-refractivity contribution in [3.8, 4) is 5.75 Å². The maximum Gasteiger partial charge on any atom is 0.338 e. The second-order valence-electron chi connectivity index (χ2n) is 5.84. The van der Waals surface area contributed by atoms with E-state index in [4.69, 9.17) is 21.7 Å². The molecule has 0 radical (unpaired) electrons. The van der Waals surface area contributed by atoms with Crippen molar-refractivity contribution in [1.29, 1.82) is 0 Å². The Morgan fingerprint density at radius 1 is 1.19 bits per heavy atom. The Balaban J connectivity index is 2.04. The molecule has 0 unspecified atom stereocenters. The molecule has 0 aliphatic carbocycles. The van der Waals surface area contributed by atoms with Crippen LogP contribution in [0.25, 0.3) is 0 Å². The van der Waals surface area contributed by atoms with Gasteiger partial charge in [0, 0.05) is 5.69 Å². The van der Waals surface area contributed by atoms with Crippen molar-refractivity contribution >= 4 is 29.0 Å². The number of nitrogens with one attached hydrogen (secondary N) is 2. The van der Waals surface area contributed by atoms with E-state index >= 15 is 0 Å². The summed E-state index contributed by atoms with van der Waals surface area (Å²) in [6.07, 6.45) is 0. The van der Waals surface area contributed by atoms with Crippen LogP contribution in [0.15, 0.2) is 42.5 Å². The highest BCUT2D eigenvalue weighted by molar-refractivity contribution is 7.80. The molecule has 138 valence electrons. The predicted molar refractivity (Wildman–Crippen MR) is 108 cm³/mol. The summed E-state index contributed by atoms with van der Waals surface area (Å²) >= 11 is 5.42. The quantitative estimate of drug-likeness (QED) is 0.585. The predicted octanol–water partition coefficient (Wildman–Crippen LogP) is 4.23. The van der Waals surface area contributed by atoms with Crippen LogP contribution in [0.5, 0.6) is 5.75 Å². The highest BCUT2D eigenvalue weighted by Gasteiger charge is 2.11. The Morgan fingerprint density at radius 3 is 2.50 bits per heavy atom. The van der Waals surface area contributed by atoms with Crippen LogP contribution in [-0.4, -0.2) is 24.8 Å². The van der Waals surface area contributed by atoms with E-state index < -0.39 is 0 Å². The number of hydrogen-bond acceptors (Lipinski definition) is 4. The Bertz CT molecular complexity index is 775. The molecular formula is C20H24N2O3S. The summed E-state index contributed by atoms with van der Waals surface area (Å²) in [5.74, 6) is 0.467. The first kappa shape index (κ1) is 19.7. The Morgan fingerprint density at radius 2 is 1.88 bits per heavy atom. The molecule has 0 aromatic heterocycles. The molecular weight excluding hydrogens is 348 g/mol. The lowest BCUT2D eigenvalue weighted by Crippen LogP contribution is -2.31. The number of ether oxygens (including phenoxy) is 2. The molecule has 6 heteroatoms. The van der Waals surface area contributed by atoms with Gasteiger partial charge in [-0.1, -0.05) is 18.2 Å². The van der Waals surface area contributed by atoms with Crippen molar-refractivity contribution in [2.24, 2.45) is 0 Å². The highest BCUT2D eigenvalue weighted by atomic mass is 32.1. The third kappa shape index (κ3) is 5.20. The van der Waals surface area contributed by atoms with Gasteiger partial charge in [-0.15, -0.1) is 0 Å². The van der Waals surface area contributed by atoms with Crippen LogP contribution in [0, 0.1) is 6.92 Å². The zero-order chi connectivity index (χ0) is 19.1. The van der Waals surface area contributed by atoms with Gasteiger partial charge in [-0.3, -0.25) is 0 Å². The number of rotatable bonds is 6. The lowest BCUT2D eigenvalue weighted by atomic mass is 10.1. The fourth-order valence-corrected chi connectivity index (χ4v) is 2.72. The van der Waals surface area contributed by atoms with E-state index in [1.807, 2.05) is 44.2 Å². The number of anilines is 1. The smallest absolute Gasteiger partial charge is 0.338 e. The molecule has 0 aliphatic heterocycles. The van der Waals surface area contributed by atoms with E-state index in [1.54, 1.807) is 26.2 Å². The van der Waals surface area contributed by atoms with Gasteiger partial charge < -0.3 is 20.1 Å². The van der Waals surface area contributed by atoms with Gasteiger partial charge in [0.25, 0.3) is 0 Å². The van der Waals surface area contributed by atoms with E-state index in [-0.39, 0.29) is 12.0 Å². The Labute approximate surface area is 159 Å². The third-order valence-corrected chi connectivity index (χ3v) is 4.18. The molecule has 0 saturated heterocycles. The molecule has 2 aromatic rings.